The number of carboxylic acids is 1. The van der Waals surface area contributed by atoms with Crippen molar-refractivity contribution in [2.75, 3.05) is 17.7 Å². The van der Waals surface area contributed by atoms with Gasteiger partial charge in [-0.15, -0.1) is 11.8 Å². The van der Waals surface area contributed by atoms with Crippen LogP contribution in [-0.4, -0.2) is 46.8 Å². The van der Waals surface area contributed by atoms with E-state index in [1.165, 1.54) is 12.1 Å². The summed E-state index contributed by atoms with van der Waals surface area (Å²) < 4.78 is 10.3. The van der Waals surface area contributed by atoms with Crippen LogP contribution in [-0.2, 0) is 9.53 Å². The molecule has 1 aromatic carbocycles. The van der Waals surface area contributed by atoms with Crippen molar-refractivity contribution in [3.05, 3.63) is 12.1 Å². The van der Waals surface area contributed by atoms with Gasteiger partial charge in [0, 0.05) is 17.5 Å². The van der Waals surface area contributed by atoms with Gasteiger partial charge in [0.2, 0.25) is 0 Å². The lowest BCUT2D eigenvalue weighted by Crippen LogP contribution is -2.32. The van der Waals surface area contributed by atoms with E-state index < -0.39 is 18.1 Å². The van der Waals surface area contributed by atoms with Crippen molar-refractivity contribution in [3.8, 4) is 11.5 Å². The number of benzene rings is 1. The van der Waals surface area contributed by atoms with Gasteiger partial charge in [0.05, 0.1) is 17.6 Å². The van der Waals surface area contributed by atoms with Crippen LogP contribution in [0.15, 0.2) is 17.0 Å². The van der Waals surface area contributed by atoms with Crippen molar-refractivity contribution < 1.29 is 29.3 Å². The fraction of sp³-hybridized carbons (Fsp3) is 0.467. The summed E-state index contributed by atoms with van der Waals surface area (Å²) in [6, 6.07) is 1.88. The van der Waals surface area contributed by atoms with Gasteiger partial charge in [-0.3, -0.25) is 10.1 Å². The number of amides is 1. The van der Waals surface area contributed by atoms with Crippen molar-refractivity contribution in [3.63, 3.8) is 0 Å². The summed E-state index contributed by atoms with van der Waals surface area (Å²) in [5.41, 5.74) is 5.82. The Kier molecular flexibility index (Phi) is 7.66. The largest absolute Gasteiger partial charge is 0.503 e. The van der Waals surface area contributed by atoms with E-state index in [1.54, 1.807) is 20.8 Å². The van der Waals surface area contributed by atoms with Gasteiger partial charge in [0.15, 0.2) is 11.5 Å². The molecule has 1 aromatic rings. The predicted molar refractivity (Wildman–Crippen MR) is 90.9 cm³/mol. The Morgan fingerprint density at radius 1 is 1.38 bits per heavy atom. The first kappa shape index (κ1) is 19.9. The number of carboxylic acid groups (broad SMARTS) is 1. The number of thioether (sulfide) groups is 1. The van der Waals surface area contributed by atoms with E-state index in [0.717, 1.165) is 11.8 Å². The quantitative estimate of drug-likeness (QED) is 0.411. The third kappa shape index (κ3) is 6.17. The third-order valence-electron chi connectivity index (χ3n) is 2.66. The molecule has 0 aliphatic heterocycles. The summed E-state index contributed by atoms with van der Waals surface area (Å²) >= 11 is 1.05. The number of rotatable bonds is 8. The predicted octanol–water partition coefficient (Wildman–Crippen LogP) is 2.25. The number of nitrogens with two attached hydrogens (primary N) is 1. The number of carbonyl (C=O) groups is 2. The summed E-state index contributed by atoms with van der Waals surface area (Å²) in [4.78, 5) is 22.8. The van der Waals surface area contributed by atoms with Gasteiger partial charge < -0.3 is 25.4 Å². The second-order valence-electron chi connectivity index (χ2n) is 5.09. The standard InChI is InChI=1S/C15H22N2O6S/c1-4-22-11-5-9(17-15(21)23-8(2)3)6-12(13(11)18)24-7-10(16)14(19)20/h5-6,8,10,18H,4,7,16H2,1-3H3,(H,17,21)(H,19,20). The average Bonchev–Trinajstić information content (AvgIpc) is 2.47. The van der Waals surface area contributed by atoms with E-state index in [0.29, 0.717) is 17.2 Å². The van der Waals surface area contributed by atoms with Gasteiger partial charge >= 0.3 is 12.1 Å². The number of aromatic hydroxyl groups is 1. The van der Waals surface area contributed by atoms with Crippen LogP contribution < -0.4 is 15.8 Å². The van der Waals surface area contributed by atoms with Gasteiger partial charge in [-0.2, -0.15) is 0 Å². The molecule has 0 aromatic heterocycles. The minimum atomic E-state index is -1.14. The molecule has 1 rings (SSSR count). The van der Waals surface area contributed by atoms with Crippen LogP contribution in [0.25, 0.3) is 0 Å². The Bertz CT molecular complexity index is 594. The SMILES string of the molecule is CCOc1cc(NC(=O)OC(C)C)cc(SCC(N)C(=O)O)c1O. The third-order valence-corrected chi connectivity index (χ3v) is 3.81. The van der Waals surface area contributed by atoms with Crippen LogP contribution in [0.4, 0.5) is 10.5 Å². The second-order valence-corrected chi connectivity index (χ2v) is 6.15. The number of phenols is 1. The number of carbonyl (C=O) groups excluding carboxylic acids is 1. The van der Waals surface area contributed by atoms with E-state index in [2.05, 4.69) is 5.32 Å². The Morgan fingerprint density at radius 2 is 2.04 bits per heavy atom. The van der Waals surface area contributed by atoms with E-state index in [4.69, 9.17) is 20.3 Å². The first-order valence-corrected chi connectivity index (χ1v) is 8.31. The van der Waals surface area contributed by atoms with E-state index in [-0.39, 0.29) is 23.4 Å². The maximum atomic E-state index is 11.7. The lowest BCUT2D eigenvalue weighted by molar-refractivity contribution is -0.137. The maximum Gasteiger partial charge on any atom is 0.411 e. The zero-order chi connectivity index (χ0) is 18.3. The lowest BCUT2D eigenvalue weighted by atomic mass is 10.2. The highest BCUT2D eigenvalue weighted by Crippen LogP contribution is 2.40. The molecule has 5 N–H and O–H groups in total. The highest BCUT2D eigenvalue weighted by atomic mass is 32.2. The van der Waals surface area contributed by atoms with Crippen LogP contribution >= 0.6 is 11.8 Å². The summed E-state index contributed by atoms with van der Waals surface area (Å²) in [6.45, 7) is 5.50. The molecule has 0 spiro atoms. The number of phenolic OH excluding ortho intramolecular Hbond substituents is 1. The summed E-state index contributed by atoms with van der Waals surface area (Å²) in [5.74, 6) is -1.05. The minimum absolute atomic E-state index is 0.0500. The smallest absolute Gasteiger partial charge is 0.411 e. The molecule has 9 heteroatoms. The number of aliphatic carboxylic acids is 1. The van der Waals surface area contributed by atoms with Gasteiger partial charge in [-0.25, -0.2) is 4.79 Å². The van der Waals surface area contributed by atoms with Gasteiger partial charge in [-0.05, 0) is 26.8 Å². The summed E-state index contributed by atoms with van der Waals surface area (Å²) in [5, 5.41) is 21.6. The molecule has 0 heterocycles. The van der Waals surface area contributed by atoms with Crippen LogP contribution in [0.5, 0.6) is 11.5 Å². The minimum Gasteiger partial charge on any atom is -0.503 e. The molecule has 0 radical (unpaired) electrons. The van der Waals surface area contributed by atoms with Crippen molar-refractivity contribution in [1.29, 1.82) is 0 Å². The topological polar surface area (TPSA) is 131 Å². The molecule has 0 bridgehead atoms. The van der Waals surface area contributed by atoms with Crippen molar-refractivity contribution in [2.24, 2.45) is 5.73 Å². The van der Waals surface area contributed by atoms with Crippen LogP contribution in [0.1, 0.15) is 20.8 Å². The van der Waals surface area contributed by atoms with Crippen LogP contribution in [0.3, 0.4) is 0 Å². The molecule has 1 unspecified atom stereocenters. The molecule has 8 nitrogen and oxygen atoms in total. The van der Waals surface area contributed by atoms with Gasteiger partial charge in [0.1, 0.15) is 6.04 Å². The van der Waals surface area contributed by atoms with E-state index in [9.17, 15) is 14.7 Å². The molecule has 0 aliphatic rings. The first-order valence-electron chi connectivity index (χ1n) is 7.33. The Balaban J connectivity index is 2.99. The Morgan fingerprint density at radius 3 is 2.58 bits per heavy atom. The van der Waals surface area contributed by atoms with Crippen molar-refractivity contribution in [2.45, 2.75) is 37.8 Å². The molecule has 134 valence electrons. The van der Waals surface area contributed by atoms with Gasteiger partial charge in [0.25, 0.3) is 0 Å². The number of nitrogens with one attached hydrogen (secondary N) is 1. The van der Waals surface area contributed by atoms with E-state index in [1.807, 2.05) is 0 Å². The second kappa shape index (κ2) is 9.24. The summed E-state index contributed by atoms with van der Waals surface area (Å²) in [6.07, 6.45) is -0.924. The summed E-state index contributed by atoms with van der Waals surface area (Å²) in [7, 11) is 0. The number of anilines is 1. The molecule has 0 saturated heterocycles. The number of ether oxygens (including phenoxy) is 2. The van der Waals surface area contributed by atoms with Crippen LogP contribution in [0, 0.1) is 0 Å². The molecule has 24 heavy (non-hydrogen) atoms. The molecular weight excluding hydrogens is 336 g/mol. The number of hydrogen-bond donors (Lipinski definition) is 4. The van der Waals surface area contributed by atoms with Crippen LogP contribution in [0.2, 0.25) is 0 Å². The fourth-order valence-electron chi connectivity index (χ4n) is 1.64. The lowest BCUT2D eigenvalue weighted by Gasteiger charge is -2.15. The molecule has 0 fully saturated rings. The number of hydrogen-bond acceptors (Lipinski definition) is 7. The first-order chi connectivity index (χ1) is 11.2. The van der Waals surface area contributed by atoms with Crippen molar-refractivity contribution in [1.82, 2.24) is 0 Å². The normalized spacial score (nSPS) is 11.9. The highest BCUT2D eigenvalue weighted by Gasteiger charge is 2.17. The average molecular weight is 358 g/mol. The van der Waals surface area contributed by atoms with E-state index >= 15 is 0 Å². The fourth-order valence-corrected chi connectivity index (χ4v) is 2.59. The monoisotopic (exact) mass is 358 g/mol. The zero-order valence-corrected chi connectivity index (χ0v) is 14.6. The molecule has 1 atom stereocenters. The maximum absolute atomic E-state index is 11.7. The Hall–Kier alpha value is -2.13. The highest BCUT2D eigenvalue weighted by molar-refractivity contribution is 7.99. The Labute approximate surface area is 144 Å². The van der Waals surface area contributed by atoms with Crippen molar-refractivity contribution >= 4 is 29.5 Å². The molecular formula is C15H22N2O6S. The molecule has 1 amide bonds. The van der Waals surface area contributed by atoms with Gasteiger partial charge in [-0.1, -0.05) is 0 Å². The molecule has 0 saturated carbocycles. The zero-order valence-electron chi connectivity index (χ0n) is 13.7. The molecule has 0 aliphatic carbocycles.